The molecule has 0 atom stereocenters. The first kappa shape index (κ1) is 9.53. The summed E-state index contributed by atoms with van der Waals surface area (Å²) >= 11 is 5.62. The van der Waals surface area contributed by atoms with Crippen LogP contribution in [0.4, 0.5) is 4.39 Å². The van der Waals surface area contributed by atoms with E-state index < -0.39 is 0 Å². The Balaban J connectivity index is 3.01. The quantitative estimate of drug-likeness (QED) is 0.657. The molecular weight excluding hydrogens is 175 g/mol. The van der Waals surface area contributed by atoms with Crippen LogP contribution in [0.2, 0.25) is 5.02 Å². The highest BCUT2D eigenvalue weighted by Crippen LogP contribution is 2.23. The van der Waals surface area contributed by atoms with Gasteiger partial charge in [-0.2, -0.15) is 0 Å². The average Bonchev–Trinajstić information content (AvgIpc) is 2.03. The van der Waals surface area contributed by atoms with Crippen molar-refractivity contribution in [1.82, 2.24) is 0 Å². The normalized spacial score (nSPS) is 10.8. The van der Waals surface area contributed by atoms with Gasteiger partial charge in [0, 0.05) is 10.9 Å². The van der Waals surface area contributed by atoms with Crippen LogP contribution in [0.25, 0.3) is 0 Å². The molecule has 0 aromatic heterocycles. The molecule has 0 aliphatic rings. The Labute approximate surface area is 77.4 Å². The second-order valence-electron chi connectivity index (χ2n) is 2.76. The van der Waals surface area contributed by atoms with Crippen molar-refractivity contribution < 1.29 is 4.39 Å². The van der Waals surface area contributed by atoms with E-state index in [1.54, 1.807) is 12.1 Å². The van der Waals surface area contributed by atoms with Gasteiger partial charge >= 0.3 is 0 Å². The van der Waals surface area contributed by atoms with Crippen LogP contribution in [0.5, 0.6) is 0 Å². The second-order valence-corrected chi connectivity index (χ2v) is 3.19. The van der Waals surface area contributed by atoms with E-state index in [4.69, 9.17) is 11.6 Å². The third kappa shape index (κ3) is 1.98. The van der Waals surface area contributed by atoms with E-state index in [0.29, 0.717) is 10.6 Å². The predicted octanol–water partition coefficient (Wildman–Crippen LogP) is 3.83. The summed E-state index contributed by atoms with van der Waals surface area (Å²) < 4.78 is 13.2. The molecule has 0 amide bonds. The average molecular weight is 186 g/mol. The van der Waals surface area contributed by atoms with E-state index in [1.165, 1.54) is 6.07 Å². The Morgan fingerprint density at radius 3 is 2.67 bits per heavy atom. The molecule has 0 unspecified atom stereocenters. The summed E-state index contributed by atoms with van der Waals surface area (Å²) in [4.78, 5) is 0. The van der Waals surface area contributed by atoms with Gasteiger partial charge in [-0.25, -0.2) is 4.39 Å². The summed E-state index contributed by atoms with van der Waals surface area (Å²) in [7, 11) is 0. The zero-order chi connectivity index (χ0) is 9.14. The van der Waals surface area contributed by atoms with Gasteiger partial charge < -0.3 is 0 Å². The molecule has 0 aliphatic heterocycles. The van der Waals surface area contributed by atoms with E-state index in [2.05, 4.69) is 0 Å². The minimum atomic E-state index is -0.234. The monoisotopic (exact) mass is 185 g/mol. The Morgan fingerprint density at radius 1 is 1.50 bits per heavy atom. The van der Waals surface area contributed by atoms with Crippen molar-refractivity contribution in [1.29, 1.82) is 0 Å². The fourth-order valence-electron chi connectivity index (χ4n) is 1.03. The maximum atomic E-state index is 13.2. The van der Waals surface area contributed by atoms with E-state index in [9.17, 15) is 4.39 Å². The molecule has 0 bridgehead atoms. The Hall–Kier alpha value is -0.560. The number of halogens is 2. The Morgan fingerprint density at radius 2 is 2.17 bits per heavy atom. The number of hydrogen-bond donors (Lipinski definition) is 0. The largest absolute Gasteiger partial charge is 0.207 e. The van der Waals surface area contributed by atoms with Gasteiger partial charge in [0.25, 0.3) is 0 Å². The zero-order valence-electron chi connectivity index (χ0n) is 7.20. The first-order chi connectivity index (χ1) is 5.65. The van der Waals surface area contributed by atoms with E-state index in [1.807, 2.05) is 13.8 Å². The van der Waals surface area contributed by atoms with Gasteiger partial charge in [0.05, 0.1) is 0 Å². The molecular formula is C10H11ClF. The van der Waals surface area contributed by atoms with Gasteiger partial charge in [-0.15, -0.1) is 0 Å². The molecule has 1 aromatic carbocycles. The van der Waals surface area contributed by atoms with Crippen LogP contribution in [-0.4, -0.2) is 0 Å². The van der Waals surface area contributed by atoms with Crippen molar-refractivity contribution in [3.63, 3.8) is 0 Å². The molecule has 1 radical (unpaired) electrons. The summed E-state index contributed by atoms with van der Waals surface area (Å²) in [5.41, 5.74) is 0.668. The fourth-order valence-corrected chi connectivity index (χ4v) is 1.18. The molecule has 0 nitrogen and oxygen atoms in total. The molecule has 2 heteroatoms. The van der Waals surface area contributed by atoms with Crippen molar-refractivity contribution in [3.05, 3.63) is 40.5 Å². The maximum Gasteiger partial charge on any atom is 0.128 e. The maximum absolute atomic E-state index is 13.2. The van der Waals surface area contributed by atoms with Gasteiger partial charge in [-0.1, -0.05) is 31.5 Å². The van der Waals surface area contributed by atoms with Crippen LogP contribution >= 0.6 is 11.6 Å². The number of hydrogen-bond acceptors (Lipinski definition) is 0. The standard InChI is InChI=1S/C10H11ClF/c1-3-7(2)9-5-4-8(11)6-10(9)12/h4-6H,3H2,1-2H3. The molecule has 0 heterocycles. The molecule has 1 rings (SSSR count). The minimum absolute atomic E-state index is 0.234. The summed E-state index contributed by atoms with van der Waals surface area (Å²) in [5.74, 6) is 0.811. The second kappa shape index (κ2) is 3.90. The molecule has 12 heavy (non-hydrogen) atoms. The number of rotatable bonds is 2. The first-order valence-corrected chi connectivity index (χ1v) is 4.30. The molecule has 0 N–H and O–H groups in total. The van der Waals surface area contributed by atoms with Crippen molar-refractivity contribution in [2.75, 3.05) is 0 Å². The highest BCUT2D eigenvalue weighted by Gasteiger charge is 2.09. The van der Waals surface area contributed by atoms with E-state index >= 15 is 0 Å². The van der Waals surface area contributed by atoms with Crippen LogP contribution in [-0.2, 0) is 0 Å². The van der Waals surface area contributed by atoms with Crippen LogP contribution in [0.15, 0.2) is 18.2 Å². The van der Waals surface area contributed by atoms with Crippen molar-refractivity contribution in [2.24, 2.45) is 0 Å². The fraction of sp³-hybridized carbons (Fsp3) is 0.300. The molecule has 65 valence electrons. The van der Waals surface area contributed by atoms with Crippen molar-refractivity contribution in [2.45, 2.75) is 20.3 Å². The topological polar surface area (TPSA) is 0 Å². The number of benzene rings is 1. The van der Waals surface area contributed by atoms with E-state index in [0.717, 1.165) is 12.3 Å². The minimum Gasteiger partial charge on any atom is -0.207 e. The van der Waals surface area contributed by atoms with Crippen LogP contribution in [0.3, 0.4) is 0 Å². The van der Waals surface area contributed by atoms with Gasteiger partial charge in [-0.3, -0.25) is 0 Å². The predicted molar refractivity (Wildman–Crippen MR) is 49.7 cm³/mol. The smallest absolute Gasteiger partial charge is 0.128 e. The lowest BCUT2D eigenvalue weighted by atomic mass is 9.98. The van der Waals surface area contributed by atoms with Gasteiger partial charge in [-0.05, 0) is 24.1 Å². The highest BCUT2D eigenvalue weighted by atomic mass is 35.5. The Kier molecular flexibility index (Phi) is 3.10. The SMILES string of the molecule is CC[C](C)c1ccc(Cl)cc1F. The lowest BCUT2D eigenvalue weighted by Crippen LogP contribution is -1.96. The molecule has 0 saturated carbocycles. The zero-order valence-corrected chi connectivity index (χ0v) is 7.95. The lowest BCUT2D eigenvalue weighted by Gasteiger charge is -2.08. The van der Waals surface area contributed by atoms with Gasteiger partial charge in [0.1, 0.15) is 5.82 Å². The molecule has 0 spiro atoms. The third-order valence-electron chi connectivity index (χ3n) is 1.92. The first-order valence-electron chi connectivity index (χ1n) is 3.93. The van der Waals surface area contributed by atoms with Gasteiger partial charge in [0.2, 0.25) is 0 Å². The van der Waals surface area contributed by atoms with Gasteiger partial charge in [0.15, 0.2) is 0 Å². The summed E-state index contributed by atoms with van der Waals surface area (Å²) in [6, 6.07) is 4.77. The van der Waals surface area contributed by atoms with Crippen molar-refractivity contribution >= 4 is 11.6 Å². The highest BCUT2D eigenvalue weighted by molar-refractivity contribution is 6.30. The molecule has 0 fully saturated rings. The molecule has 1 aromatic rings. The van der Waals surface area contributed by atoms with Crippen LogP contribution in [0.1, 0.15) is 25.8 Å². The summed E-state index contributed by atoms with van der Waals surface area (Å²) in [6.45, 7) is 3.93. The summed E-state index contributed by atoms with van der Waals surface area (Å²) in [5, 5.41) is 0.445. The lowest BCUT2D eigenvalue weighted by molar-refractivity contribution is 0.613. The molecule has 0 aliphatic carbocycles. The Bertz CT molecular complexity index is 271. The van der Waals surface area contributed by atoms with E-state index in [-0.39, 0.29) is 5.82 Å². The van der Waals surface area contributed by atoms with Crippen molar-refractivity contribution in [3.8, 4) is 0 Å². The summed E-state index contributed by atoms with van der Waals surface area (Å²) in [6.07, 6.45) is 0.860. The third-order valence-corrected chi connectivity index (χ3v) is 2.16. The van der Waals surface area contributed by atoms with Crippen LogP contribution < -0.4 is 0 Å². The molecule has 0 saturated heterocycles. The van der Waals surface area contributed by atoms with Crippen LogP contribution in [0, 0.1) is 11.7 Å².